The molecular weight excluding hydrogens is 182 g/mol. The van der Waals surface area contributed by atoms with Gasteiger partial charge in [0.05, 0.1) is 0 Å². The third-order valence-corrected chi connectivity index (χ3v) is 1.13. The number of hydrogen-bond donors (Lipinski definition) is 1. The number of carbonyl (C=O) groups is 2. The lowest BCUT2D eigenvalue weighted by Gasteiger charge is -1.92. The fourth-order valence-electron chi connectivity index (χ4n) is 0.555. The van der Waals surface area contributed by atoms with Gasteiger partial charge in [0.25, 0.3) is 6.47 Å². The van der Waals surface area contributed by atoms with Crippen LogP contribution in [0.3, 0.4) is 0 Å². The molecule has 1 amide bonds. The van der Waals surface area contributed by atoms with Crippen LogP contribution in [0.25, 0.3) is 0 Å². The van der Waals surface area contributed by atoms with Gasteiger partial charge >= 0.3 is 0 Å². The van der Waals surface area contributed by atoms with Gasteiger partial charge in [-0.25, -0.2) is 0 Å². The average Bonchev–Trinajstić information content (AvgIpc) is 2.21. The molecule has 0 aliphatic heterocycles. The van der Waals surface area contributed by atoms with Crippen molar-refractivity contribution in [1.29, 1.82) is 0 Å². The molecule has 4 nitrogen and oxygen atoms in total. The van der Waals surface area contributed by atoms with Crippen LogP contribution in [0, 0.1) is 0 Å². The number of nitrogens with two attached hydrogens (primary N) is 1. The Kier molecular flexibility index (Phi) is 6.41. The van der Waals surface area contributed by atoms with E-state index in [1.54, 1.807) is 24.3 Å². The first-order chi connectivity index (χ1) is 6.70. The molecule has 4 heteroatoms. The second-order valence-electron chi connectivity index (χ2n) is 2.13. The monoisotopic (exact) mass is 193 g/mol. The fourth-order valence-corrected chi connectivity index (χ4v) is 0.555. The van der Waals surface area contributed by atoms with E-state index >= 15 is 0 Å². The van der Waals surface area contributed by atoms with Crippen molar-refractivity contribution in [1.82, 2.24) is 0 Å². The minimum absolute atomic E-state index is 0.412. The third kappa shape index (κ3) is 6.60. The second-order valence-corrected chi connectivity index (χ2v) is 2.13. The fraction of sp³-hybridized carbons (Fsp3) is 0. The lowest BCUT2D eigenvalue weighted by molar-refractivity contribution is -0.120. The van der Waals surface area contributed by atoms with Gasteiger partial charge in [-0.1, -0.05) is 24.8 Å². The highest BCUT2D eigenvalue weighted by Crippen LogP contribution is 2.05. The van der Waals surface area contributed by atoms with E-state index in [1.807, 2.05) is 6.07 Å². The van der Waals surface area contributed by atoms with Crippen LogP contribution in [0.15, 0.2) is 43.0 Å². The first-order valence-corrected chi connectivity index (χ1v) is 3.78. The zero-order valence-electron chi connectivity index (χ0n) is 7.55. The Hall–Kier alpha value is -2.10. The number of carbonyl (C=O) groups excluding carboxylic acids is 2. The average molecular weight is 193 g/mol. The largest absolute Gasteiger partial charge is 0.429 e. The summed E-state index contributed by atoms with van der Waals surface area (Å²) in [5, 5.41) is 0. The molecule has 0 unspecified atom stereocenters. The molecular formula is C10H11NO3. The highest BCUT2D eigenvalue weighted by atomic mass is 16.5. The Balaban J connectivity index is 0.000000292. The lowest BCUT2D eigenvalue weighted by atomic mass is 10.3. The number of amides is 1. The third-order valence-electron chi connectivity index (χ3n) is 1.13. The standard InChI is InChI=1S/C7H6O2.C3H5NO/c8-6-9-7-4-2-1-3-5-7;1-2-3(4)5/h1-6H;2H,1H2,(H2,4,5). The molecule has 0 spiro atoms. The molecule has 0 heterocycles. The molecule has 0 atom stereocenters. The van der Waals surface area contributed by atoms with Gasteiger partial charge in [-0.3, -0.25) is 9.59 Å². The number of hydrogen-bond acceptors (Lipinski definition) is 3. The molecule has 0 fully saturated rings. The SMILES string of the molecule is C=CC(N)=O.O=COc1ccccc1. The molecule has 0 saturated heterocycles. The van der Waals surface area contributed by atoms with Crippen LogP contribution in [0.1, 0.15) is 0 Å². The van der Waals surface area contributed by atoms with E-state index in [0.29, 0.717) is 12.2 Å². The van der Waals surface area contributed by atoms with Crippen LogP contribution < -0.4 is 10.5 Å². The Morgan fingerprint density at radius 3 is 2.21 bits per heavy atom. The number of benzene rings is 1. The van der Waals surface area contributed by atoms with E-state index in [-0.39, 0.29) is 0 Å². The Morgan fingerprint density at radius 2 is 1.86 bits per heavy atom. The summed E-state index contributed by atoms with van der Waals surface area (Å²) < 4.78 is 4.53. The van der Waals surface area contributed by atoms with Gasteiger partial charge in [0.1, 0.15) is 5.75 Å². The van der Waals surface area contributed by atoms with Gasteiger partial charge in [-0.2, -0.15) is 0 Å². The first-order valence-electron chi connectivity index (χ1n) is 3.78. The van der Waals surface area contributed by atoms with Crippen molar-refractivity contribution in [3.63, 3.8) is 0 Å². The maximum Gasteiger partial charge on any atom is 0.298 e. The molecule has 1 rings (SSSR count). The summed E-state index contributed by atoms with van der Waals surface area (Å²) in [4.78, 5) is 19.2. The van der Waals surface area contributed by atoms with Gasteiger partial charge in [-0.05, 0) is 18.2 Å². The highest BCUT2D eigenvalue weighted by Gasteiger charge is 1.84. The van der Waals surface area contributed by atoms with Gasteiger partial charge < -0.3 is 10.5 Å². The topological polar surface area (TPSA) is 69.4 Å². The van der Waals surface area contributed by atoms with E-state index in [2.05, 4.69) is 17.0 Å². The molecule has 0 aliphatic carbocycles. The maximum atomic E-state index is 9.75. The van der Waals surface area contributed by atoms with Crippen molar-refractivity contribution in [3.8, 4) is 5.75 Å². The summed E-state index contributed by atoms with van der Waals surface area (Å²) in [6.45, 7) is 3.50. The van der Waals surface area contributed by atoms with Crippen molar-refractivity contribution in [2.24, 2.45) is 5.73 Å². The van der Waals surface area contributed by atoms with Crippen molar-refractivity contribution in [3.05, 3.63) is 43.0 Å². The number of para-hydroxylation sites is 1. The molecule has 1 aromatic rings. The summed E-state index contributed by atoms with van der Waals surface area (Å²) in [6.07, 6.45) is 1.06. The molecule has 0 aromatic heterocycles. The molecule has 0 aliphatic rings. The van der Waals surface area contributed by atoms with Crippen LogP contribution in [0.2, 0.25) is 0 Å². The van der Waals surface area contributed by atoms with Gasteiger partial charge in [0, 0.05) is 0 Å². The van der Waals surface area contributed by atoms with E-state index in [0.717, 1.165) is 6.08 Å². The quantitative estimate of drug-likeness (QED) is 0.572. The molecule has 1 aromatic carbocycles. The normalized spacial score (nSPS) is 7.71. The first kappa shape index (κ1) is 11.9. The molecule has 0 radical (unpaired) electrons. The molecule has 2 N–H and O–H groups in total. The smallest absolute Gasteiger partial charge is 0.298 e. The van der Waals surface area contributed by atoms with Gasteiger partial charge in [-0.15, -0.1) is 0 Å². The minimum Gasteiger partial charge on any atom is -0.429 e. The second kappa shape index (κ2) is 7.54. The van der Waals surface area contributed by atoms with E-state index < -0.39 is 5.91 Å². The van der Waals surface area contributed by atoms with Crippen LogP contribution in [-0.2, 0) is 9.59 Å². The van der Waals surface area contributed by atoms with E-state index in [1.165, 1.54) is 0 Å². The summed E-state index contributed by atoms with van der Waals surface area (Å²) in [7, 11) is 0. The number of primary amides is 1. The van der Waals surface area contributed by atoms with Crippen molar-refractivity contribution < 1.29 is 14.3 Å². The number of ether oxygens (including phenoxy) is 1. The van der Waals surface area contributed by atoms with Gasteiger partial charge in [0.15, 0.2) is 0 Å². The highest BCUT2D eigenvalue weighted by molar-refractivity contribution is 5.84. The molecule has 0 bridgehead atoms. The number of rotatable bonds is 3. The van der Waals surface area contributed by atoms with Crippen LogP contribution in [-0.4, -0.2) is 12.4 Å². The summed E-state index contributed by atoms with van der Waals surface area (Å²) in [5.41, 5.74) is 4.53. The summed E-state index contributed by atoms with van der Waals surface area (Å²) in [5.74, 6) is 0.0949. The van der Waals surface area contributed by atoms with Crippen molar-refractivity contribution in [2.75, 3.05) is 0 Å². The minimum atomic E-state index is -0.481. The van der Waals surface area contributed by atoms with Crippen LogP contribution in [0.4, 0.5) is 0 Å². The molecule has 74 valence electrons. The van der Waals surface area contributed by atoms with Crippen molar-refractivity contribution in [2.45, 2.75) is 0 Å². The zero-order chi connectivity index (χ0) is 10.8. The summed E-state index contributed by atoms with van der Waals surface area (Å²) in [6, 6.07) is 8.90. The lowest BCUT2D eigenvalue weighted by Crippen LogP contribution is -2.04. The zero-order valence-corrected chi connectivity index (χ0v) is 7.55. The van der Waals surface area contributed by atoms with Crippen molar-refractivity contribution >= 4 is 12.4 Å². The molecule has 0 saturated carbocycles. The van der Waals surface area contributed by atoms with E-state index in [4.69, 9.17) is 0 Å². The van der Waals surface area contributed by atoms with E-state index in [9.17, 15) is 9.59 Å². The Morgan fingerprint density at radius 1 is 1.36 bits per heavy atom. The van der Waals surface area contributed by atoms with Crippen LogP contribution in [0.5, 0.6) is 5.75 Å². The summed E-state index contributed by atoms with van der Waals surface area (Å²) >= 11 is 0. The predicted octanol–water partition coefficient (Wildman–Crippen LogP) is 0.879. The Bertz CT molecular complexity index is 295. The predicted molar refractivity (Wildman–Crippen MR) is 52.5 cm³/mol. The Labute approximate surface area is 82.0 Å². The maximum absolute atomic E-state index is 9.75. The van der Waals surface area contributed by atoms with Crippen LogP contribution >= 0.6 is 0 Å². The van der Waals surface area contributed by atoms with Gasteiger partial charge in [0.2, 0.25) is 5.91 Å². The molecule has 14 heavy (non-hydrogen) atoms.